The third kappa shape index (κ3) is 5.41. The summed E-state index contributed by atoms with van der Waals surface area (Å²) in [6.45, 7) is 11.6. The maximum Gasteiger partial charge on any atom is 0.410 e. The lowest BCUT2D eigenvalue weighted by Gasteiger charge is -2.33. The molecule has 3 rings (SSSR count). The van der Waals surface area contributed by atoms with E-state index in [0.717, 1.165) is 34.1 Å². The summed E-state index contributed by atoms with van der Waals surface area (Å²) < 4.78 is 11.3. The fourth-order valence-electron chi connectivity index (χ4n) is 3.10. The molecule has 0 aliphatic carbocycles. The smallest absolute Gasteiger partial charge is 0.410 e. The largest absolute Gasteiger partial charge is 0.476 e. The maximum atomic E-state index is 12.1. The second kappa shape index (κ2) is 8.43. The van der Waals surface area contributed by atoms with Crippen LogP contribution in [-0.4, -0.2) is 51.5 Å². The van der Waals surface area contributed by atoms with Crippen LogP contribution in [0, 0.1) is 19.8 Å². The fourth-order valence-corrected chi connectivity index (χ4v) is 3.98. The third-order valence-electron chi connectivity index (χ3n) is 4.51. The van der Waals surface area contributed by atoms with E-state index in [1.54, 1.807) is 16.2 Å². The summed E-state index contributed by atoms with van der Waals surface area (Å²) in [7, 11) is 0. The van der Waals surface area contributed by atoms with Crippen LogP contribution in [0.4, 0.5) is 4.79 Å². The zero-order valence-electron chi connectivity index (χ0n) is 17.2. The van der Waals surface area contributed by atoms with Crippen LogP contribution in [0.15, 0.2) is 12.1 Å². The van der Waals surface area contributed by atoms with Crippen molar-refractivity contribution in [3.05, 3.63) is 22.8 Å². The summed E-state index contributed by atoms with van der Waals surface area (Å²) in [4.78, 5) is 19.4. The second-order valence-corrected chi connectivity index (χ2v) is 9.33. The topological polar surface area (TPSA) is 77.4 Å². The normalized spacial score (nSPS) is 15.5. The Balaban J connectivity index is 1.47. The molecule has 2 aromatic rings. The summed E-state index contributed by atoms with van der Waals surface area (Å²) in [5.74, 6) is 0.920. The summed E-state index contributed by atoms with van der Waals surface area (Å²) in [6, 6.07) is 3.78. The molecule has 0 saturated carbocycles. The number of carbonyl (C=O) groups excluding carboxylic acids is 1. The van der Waals surface area contributed by atoms with Crippen molar-refractivity contribution in [1.29, 1.82) is 0 Å². The zero-order valence-corrected chi connectivity index (χ0v) is 18.0. The molecule has 1 aliphatic rings. The van der Waals surface area contributed by atoms with Gasteiger partial charge in [-0.1, -0.05) is 0 Å². The Kier molecular flexibility index (Phi) is 6.17. The van der Waals surface area contributed by atoms with Crippen LogP contribution >= 0.6 is 11.3 Å². The van der Waals surface area contributed by atoms with Gasteiger partial charge in [0, 0.05) is 19.2 Å². The highest BCUT2D eigenvalue weighted by Gasteiger charge is 2.27. The van der Waals surface area contributed by atoms with Crippen molar-refractivity contribution in [2.45, 2.75) is 53.1 Å². The summed E-state index contributed by atoms with van der Waals surface area (Å²) >= 11 is 1.62. The number of aryl methyl sites for hydroxylation is 2. The van der Waals surface area contributed by atoms with Gasteiger partial charge in [0.15, 0.2) is 0 Å². The minimum atomic E-state index is -0.460. The highest BCUT2D eigenvalue weighted by atomic mass is 32.1. The molecule has 0 radical (unpaired) electrons. The summed E-state index contributed by atoms with van der Waals surface area (Å²) in [5, 5.41) is 9.50. The summed E-state index contributed by atoms with van der Waals surface area (Å²) in [6.07, 6.45) is 1.55. The molecule has 1 amide bonds. The third-order valence-corrected chi connectivity index (χ3v) is 5.60. The Morgan fingerprint density at radius 2 is 1.93 bits per heavy atom. The first-order chi connectivity index (χ1) is 13.2. The molecule has 1 fully saturated rings. The average Bonchev–Trinajstić information content (AvgIpc) is 2.97. The molecule has 2 aromatic heterocycles. The minimum absolute atomic E-state index is 0.234. The molecule has 1 saturated heterocycles. The minimum Gasteiger partial charge on any atom is -0.476 e. The second-order valence-electron chi connectivity index (χ2n) is 8.13. The number of likely N-dealkylation sites (tertiary alicyclic amines) is 1. The number of rotatable bonds is 4. The molecule has 3 heterocycles. The van der Waals surface area contributed by atoms with E-state index in [0.29, 0.717) is 31.5 Å². The number of carbonyl (C=O) groups is 1. The van der Waals surface area contributed by atoms with E-state index in [-0.39, 0.29) is 6.09 Å². The van der Waals surface area contributed by atoms with Crippen LogP contribution in [-0.2, 0) is 4.74 Å². The Bertz CT molecular complexity index is 806. The SMILES string of the molecule is Cc1nc(C)c(-c2ccc(OCC3CCN(C(=O)OC(C)(C)C)CC3)nn2)s1. The number of hydrogen-bond donors (Lipinski definition) is 0. The number of aromatic nitrogens is 3. The van der Waals surface area contributed by atoms with Crippen molar-refractivity contribution < 1.29 is 14.3 Å². The standard InChI is InChI=1S/C20H28N4O3S/c1-13-18(28-14(2)21-13)16-6-7-17(23-22-16)26-12-15-8-10-24(11-9-15)19(25)27-20(3,4)5/h6-7,15H,8-12H2,1-5H3. The van der Waals surface area contributed by atoms with Gasteiger partial charge in [0.25, 0.3) is 0 Å². The predicted octanol–water partition coefficient (Wildman–Crippen LogP) is 4.24. The van der Waals surface area contributed by atoms with Crippen molar-refractivity contribution in [3.8, 4) is 16.5 Å². The molecule has 8 heteroatoms. The van der Waals surface area contributed by atoms with E-state index in [1.807, 2.05) is 46.8 Å². The lowest BCUT2D eigenvalue weighted by atomic mass is 9.98. The molecule has 28 heavy (non-hydrogen) atoms. The van der Waals surface area contributed by atoms with E-state index in [4.69, 9.17) is 9.47 Å². The van der Waals surface area contributed by atoms with E-state index in [1.165, 1.54) is 0 Å². The Hall–Kier alpha value is -2.22. The van der Waals surface area contributed by atoms with Crippen molar-refractivity contribution in [3.63, 3.8) is 0 Å². The number of amides is 1. The van der Waals surface area contributed by atoms with Gasteiger partial charge in [0.2, 0.25) is 5.88 Å². The van der Waals surface area contributed by atoms with Gasteiger partial charge in [0.05, 0.1) is 22.2 Å². The average molecular weight is 405 g/mol. The number of nitrogens with zero attached hydrogens (tertiary/aromatic N) is 4. The van der Waals surface area contributed by atoms with Gasteiger partial charge in [0.1, 0.15) is 11.3 Å². The van der Waals surface area contributed by atoms with Crippen LogP contribution < -0.4 is 4.74 Å². The van der Waals surface area contributed by atoms with E-state index in [9.17, 15) is 4.79 Å². The van der Waals surface area contributed by atoms with Crippen molar-refractivity contribution in [2.24, 2.45) is 5.92 Å². The van der Waals surface area contributed by atoms with Gasteiger partial charge in [-0.2, -0.15) is 0 Å². The van der Waals surface area contributed by atoms with Crippen LogP contribution in [0.25, 0.3) is 10.6 Å². The van der Waals surface area contributed by atoms with Gasteiger partial charge in [-0.05, 0) is 59.4 Å². The maximum absolute atomic E-state index is 12.1. The van der Waals surface area contributed by atoms with E-state index < -0.39 is 5.60 Å². The number of thiazole rings is 1. The first kappa shape index (κ1) is 20.5. The van der Waals surface area contributed by atoms with Gasteiger partial charge in [-0.25, -0.2) is 9.78 Å². The molecule has 0 unspecified atom stereocenters. The molecule has 1 aliphatic heterocycles. The molecule has 0 N–H and O–H groups in total. The Labute approximate surface area is 170 Å². The lowest BCUT2D eigenvalue weighted by Crippen LogP contribution is -2.42. The highest BCUT2D eigenvalue weighted by Crippen LogP contribution is 2.28. The van der Waals surface area contributed by atoms with Crippen LogP contribution in [0.3, 0.4) is 0 Å². The molecule has 7 nitrogen and oxygen atoms in total. The molecular weight excluding hydrogens is 376 g/mol. The molecule has 0 spiro atoms. The van der Waals surface area contributed by atoms with Gasteiger partial charge in [-0.3, -0.25) is 0 Å². The highest BCUT2D eigenvalue weighted by molar-refractivity contribution is 7.15. The monoisotopic (exact) mass is 404 g/mol. The molecular formula is C20H28N4O3S. The summed E-state index contributed by atoms with van der Waals surface area (Å²) in [5.41, 5.74) is 1.33. The predicted molar refractivity (Wildman–Crippen MR) is 109 cm³/mol. The number of ether oxygens (including phenoxy) is 2. The molecule has 0 aromatic carbocycles. The quantitative estimate of drug-likeness (QED) is 0.758. The van der Waals surface area contributed by atoms with Crippen LogP contribution in [0.5, 0.6) is 5.88 Å². The van der Waals surface area contributed by atoms with Crippen LogP contribution in [0.1, 0.15) is 44.3 Å². The Morgan fingerprint density at radius 3 is 2.46 bits per heavy atom. The van der Waals surface area contributed by atoms with Crippen molar-refractivity contribution in [1.82, 2.24) is 20.1 Å². The zero-order chi connectivity index (χ0) is 20.3. The van der Waals surface area contributed by atoms with Gasteiger partial charge >= 0.3 is 6.09 Å². The first-order valence-corrected chi connectivity index (χ1v) is 10.4. The van der Waals surface area contributed by atoms with Crippen molar-refractivity contribution in [2.75, 3.05) is 19.7 Å². The Morgan fingerprint density at radius 1 is 1.21 bits per heavy atom. The van der Waals surface area contributed by atoms with E-state index >= 15 is 0 Å². The van der Waals surface area contributed by atoms with E-state index in [2.05, 4.69) is 15.2 Å². The number of hydrogen-bond acceptors (Lipinski definition) is 7. The van der Waals surface area contributed by atoms with Gasteiger partial charge < -0.3 is 14.4 Å². The number of piperidine rings is 1. The van der Waals surface area contributed by atoms with Crippen molar-refractivity contribution >= 4 is 17.4 Å². The first-order valence-electron chi connectivity index (χ1n) is 9.60. The van der Waals surface area contributed by atoms with Gasteiger partial charge in [-0.15, -0.1) is 21.5 Å². The fraction of sp³-hybridized carbons (Fsp3) is 0.600. The molecule has 152 valence electrons. The van der Waals surface area contributed by atoms with Crippen LogP contribution in [0.2, 0.25) is 0 Å². The molecule has 0 atom stereocenters. The lowest BCUT2D eigenvalue weighted by molar-refractivity contribution is 0.0164. The molecule has 0 bridgehead atoms.